The lowest BCUT2D eigenvalue weighted by atomic mass is 10.2. The van der Waals surface area contributed by atoms with E-state index < -0.39 is 10.0 Å². The van der Waals surface area contributed by atoms with Crippen LogP contribution in [0.3, 0.4) is 0 Å². The van der Waals surface area contributed by atoms with E-state index in [0.29, 0.717) is 10.7 Å². The van der Waals surface area contributed by atoms with Gasteiger partial charge in [0, 0.05) is 30.0 Å². The van der Waals surface area contributed by atoms with Gasteiger partial charge in [0.05, 0.1) is 21.7 Å². The summed E-state index contributed by atoms with van der Waals surface area (Å²) in [5.74, 6) is 0.325. The van der Waals surface area contributed by atoms with Crippen LogP contribution in [-0.2, 0) is 23.1 Å². The van der Waals surface area contributed by atoms with Gasteiger partial charge in [-0.3, -0.25) is 4.79 Å². The first-order valence-corrected chi connectivity index (χ1v) is 12.1. The molecule has 3 aromatic rings. The molecular formula is C20H26N4O3S2. The number of carbonyl (C=O) groups is 1. The van der Waals surface area contributed by atoms with Crippen molar-refractivity contribution in [3.8, 4) is 0 Å². The van der Waals surface area contributed by atoms with Gasteiger partial charge in [-0.1, -0.05) is 18.7 Å². The van der Waals surface area contributed by atoms with Crippen LogP contribution in [0.5, 0.6) is 0 Å². The maximum atomic E-state index is 12.8. The van der Waals surface area contributed by atoms with Gasteiger partial charge in [-0.2, -0.15) is 0 Å². The summed E-state index contributed by atoms with van der Waals surface area (Å²) >= 11 is 1.37. The van der Waals surface area contributed by atoms with Crippen molar-refractivity contribution in [2.45, 2.75) is 57.3 Å². The molecule has 0 aliphatic carbocycles. The fourth-order valence-corrected chi connectivity index (χ4v) is 5.05. The zero-order valence-electron chi connectivity index (χ0n) is 17.1. The Balaban J connectivity index is 1.91. The molecule has 0 saturated heterocycles. The van der Waals surface area contributed by atoms with Crippen LogP contribution < -0.4 is 5.14 Å². The highest BCUT2D eigenvalue weighted by atomic mass is 32.2. The Morgan fingerprint density at radius 1 is 1.17 bits per heavy atom. The lowest BCUT2D eigenvalue weighted by Gasteiger charge is -2.08. The number of aromatic nitrogens is 3. The standard InChI is InChI=1S/C20H26N4O3S2/c1-5-9-24-18-8-7-15(29(21,26)27)11-17(18)22-20(24)28-12-19(25)16-10-13(3)23(6-2)14(16)4/h7-8,10-11H,5-6,9,12H2,1-4H3,(H2,21,26,27). The average Bonchev–Trinajstić information content (AvgIpc) is 3.15. The van der Waals surface area contributed by atoms with Crippen molar-refractivity contribution in [1.29, 1.82) is 0 Å². The molecule has 0 aliphatic rings. The average molecular weight is 435 g/mol. The molecule has 0 unspecified atom stereocenters. The van der Waals surface area contributed by atoms with Gasteiger partial charge in [0.25, 0.3) is 0 Å². The molecule has 0 radical (unpaired) electrons. The summed E-state index contributed by atoms with van der Waals surface area (Å²) in [6.07, 6.45) is 0.890. The van der Waals surface area contributed by atoms with Gasteiger partial charge in [-0.05, 0) is 51.5 Å². The quantitative estimate of drug-likeness (QED) is 0.432. The topological polar surface area (TPSA) is 100.0 Å². The number of carbonyl (C=O) groups excluding carboxylic acids is 1. The van der Waals surface area contributed by atoms with Gasteiger partial charge < -0.3 is 9.13 Å². The Morgan fingerprint density at radius 2 is 1.90 bits per heavy atom. The first-order chi connectivity index (χ1) is 13.7. The Hall–Kier alpha value is -2.10. The number of thioether (sulfide) groups is 1. The molecule has 7 nitrogen and oxygen atoms in total. The van der Waals surface area contributed by atoms with Crippen LogP contribution in [0.1, 0.15) is 42.0 Å². The van der Waals surface area contributed by atoms with E-state index in [4.69, 9.17) is 5.14 Å². The molecule has 0 bridgehead atoms. The summed E-state index contributed by atoms with van der Waals surface area (Å²) in [6.45, 7) is 9.65. The third kappa shape index (κ3) is 4.26. The first-order valence-electron chi connectivity index (χ1n) is 9.53. The minimum Gasteiger partial charge on any atom is -0.349 e. The van der Waals surface area contributed by atoms with Crippen LogP contribution in [0.15, 0.2) is 34.3 Å². The number of rotatable bonds is 8. The molecule has 2 heterocycles. The van der Waals surface area contributed by atoms with Gasteiger partial charge in [-0.25, -0.2) is 18.5 Å². The summed E-state index contributed by atoms with van der Waals surface area (Å²) in [7, 11) is -3.79. The van der Waals surface area contributed by atoms with Gasteiger partial charge in [0.1, 0.15) is 0 Å². The highest BCUT2D eigenvalue weighted by Crippen LogP contribution is 2.27. The molecule has 3 rings (SSSR count). The molecule has 0 fully saturated rings. The number of nitrogens with two attached hydrogens (primary N) is 1. The minimum atomic E-state index is -3.79. The zero-order valence-corrected chi connectivity index (χ0v) is 18.7. The second kappa shape index (κ2) is 8.33. The van der Waals surface area contributed by atoms with Crippen LogP contribution in [0.4, 0.5) is 0 Å². The largest absolute Gasteiger partial charge is 0.349 e. The number of hydrogen-bond donors (Lipinski definition) is 1. The number of sulfonamides is 1. The van der Waals surface area contributed by atoms with Gasteiger partial charge in [-0.15, -0.1) is 0 Å². The van der Waals surface area contributed by atoms with E-state index in [-0.39, 0.29) is 16.4 Å². The molecule has 0 atom stereocenters. The Labute approximate surface area is 175 Å². The van der Waals surface area contributed by atoms with Crippen LogP contribution >= 0.6 is 11.8 Å². The number of ketones is 1. The summed E-state index contributed by atoms with van der Waals surface area (Å²) in [5, 5.41) is 5.94. The Morgan fingerprint density at radius 3 is 2.48 bits per heavy atom. The summed E-state index contributed by atoms with van der Waals surface area (Å²) in [5.41, 5.74) is 4.19. The normalized spacial score (nSPS) is 12.0. The van der Waals surface area contributed by atoms with Crippen molar-refractivity contribution in [3.05, 3.63) is 41.2 Å². The lowest BCUT2D eigenvalue weighted by molar-refractivity contribution is 0.102. The van der Waals surface area contributed by atoms with E-state index in [2.05, 4.69) is 23.4 Å². The van der Waals surface area contributed by atoms with E-state index in [1.807, 2.05) is 24.5 Å². The number of primary sulfonamides is 1. The molecule has 156 valence electrons. The van der Waals surface area contributed by atoms with E-state index >= 15 is 0 Å². The van der Waals surface area contributed by atoms with Crippen LogP contribution in [-0.4, -0.2) is 34.1 Å². The number of hydrogen-bond acceptors (Lipinski definition) is 5. The minimum absolute atomic E-state index is 0.0331. The molecule has 0 amide bonds. The molecule has 2 aromatic heterocycles. The molecule has 0 saturated carbocycles. The summed E-state index contributed by atoms with van der Waals surface area (Å²) in [6, 6.07) is 6.63. The molecule has 1 aromatic carbocycles. The second-order valence-corrected chi connectivity index (χ2v) is 9.49. The number of aryl methyl sites for hydroxylation is 2. The number of Topliss-reactive ketones (excluding diaryl/α,β-unsaturated/α-hetero) is 1. The third-order valence-corrected chi connectivity index (χ3v) is 6.87. The van der Waals surface area contributed by atoms with E-state index in [1.54, 1.807) is 6.07 Å². The highest BCUT2D eigenvalue weighted by molar-refractivity contribution is 7.99. The van der Waals surface area contributed by atoms with Crippen LogP contribution in [0, 0.1) is 13.8 Å². The maximum absolute atomic E-state index is 12.8. The molecule has 0 spiro atoms. The van der Waals surface area contributed by atoms with Crippen molar-refractivity contribution in [3.63, 3.8) is 0 Å². The number of nitrogens with zero attached hydrogens (tertiary/aromatic N) is 3. The van der Waals surface area contributed by atoms with Gasteiger partial charge in [0.2, 0.25) is 10.0 Å². The van der Waals surface area contributed by atoms with Crippen molar-refractivity contribution in [1.82, 2.24) is 14.1 Å². The fourth-order valence-electron chi connectivity index (χ4n) is 3.59. The Kier molecular flexibility index (Phi) is 6.21. The molecule has 2 N–H and O–H groups in total. The van der Waals surface area contributed by atoms with Crippen molar-refractivity contribution < 1.29 is 13.2 Å². The Bertz CT molecular complexity index is 1180. The van der Waals surface area contributed by atoms with Crippen LogP contribution in [0.25, 0.3) is 11.0 Å². The predicted molar refractivity (Wildman–Crippen MR) is 116 cm³/mol. The van der Waals surface area contributed by atoms with Crippen molar-refractivity contribution in [2.24, 2.45) is 5.14 Å². The lowest BCUT2D eigenvalue weighted by Crippen LogP contribution is -2.11. The summed E-state index contributed by atoms with van der Waals surface area (Å²) < 4.78 is 27.4. The SMILES string of the molecule is CCCn1c(SCC(=O)c2cc(C)n(CC)c2C)nc2cc(S(N)(=O)=O)ccc21. The van der Waals surface area contributed by atoms with Crippen molar-refractivity contribution >= 4 is 38.6 Å². The summed E-state index contributed by atoms with van der Waals surface area (Å²) in [4.78, 5) is 17.4. The van der Waals surface area contributed by atoms with E-state index in [0.717, 1.165) is 42.0 Å². The molecular weight excluding hydrogens is 408 g/mol. The van der Waals surface area contributed by atoms with Crippen molar-refractivity contribution in [2.75, 3.05) is 5.75 Å². The zero-order chi connectivity index (χ0) is 21.3. The monoisotopic (exact) mass is 434 g/mol. The van der Waals surface area contributed by atoms with Gasteiger partial charge in [0.15, 0.2) is 10.9 Å². The molecule has 29 heavy (non-hydrogen) atoms. The third-order valence-electron chi connectivity index (χ3n) is 4.98. The second-order valence-electron chi connectivity index (χ2n) is 6.98. The number of benzene rings is 1. The molecule has 9 heteroatoms. The fraction of sp³-hybridized carbons (Fsp3) is 0.400. The van der Waals surface area contributed by atoms with E-state index in [1.165, 1.54) is 23.9 Å². The maximum Gasteiger partial charge on any atom is 0.238 e. The number of imidazole rings is 1. The smallest absolute Gasteiger partial charge is 0.238 e. The van der Waals surface area contributed by atoms with Crippen LogP contribution in [0.2, 0.25) is 0 Å². The number of fused-ring (bicyclic) bond motifs is 1. The molecule has 0 aliphatic heterocycles. The highest BCUT2D eigenvalue weighted by Gasteiger charge is 2.19. The first kappa shape index (κ1) is 21.6. The van der Waals surface area contributed by atoms with Gasteiger partial charge >= 0.3 is 0 Å². The predicted octanol–water partition coefficient (Wildman–Crippen LogP) is 3.51. The van der Waals surface area contributed by atoms with E-state index in [9.17, 15) is 13.2 Å².